The smallest absolute Gasteiger partial charge is 0.408 e. The van der Waals surface area contributed by atoms with Crippen LogP contribution in [0, 0.1) is 28.6 Å². The Morgan fingerprint density at radius 1 is 1.07 bits per heavy atom. The van der Waals surface area contributed by atoms with Gasteiger partial charge in [0.2, 0.25) is 11.8 Å². The Morgan fingerprint density at radius 3 is 2.56 bits per heavy atom. The standard InChI is InChI=1S/C34H45N5O6/c1-20(40)29-23(16-17-35)28-19-39(29)32(41)30(34(2,3)4)38-33(42)45-27-13-9-11-21(27)10-7-6-8-12-25-31(44-28)37-26-18-22(43-5)14-15-24(26)36-25/h14-15,18,21,23,27-30H,6-13,16,19H2,1-5H3,(H,38,42)/t21-,23-,27-,28+,29-,30-/m1/s1. The largest absolute Gasteiger partial charge is 0.497 e. The summed E-state index contributed by atoms with van der Waals surface area (Å²) < 4.78 is 17.9. The van der Waals surface area contributed by atoms with Gasteiger partial charge in [-0.1, -0.05) is 33.6 Å². The van der Waals surface area contributed by atoms with Gasteiger partial charge in [0.1, 0.15) is 29.7 Å². The number of benzene rings is 1. The molecule has 0 spiro atoms. The summed E-state index contributed by atoms with van der Waals surface area (Å²) in [6.45, 7) is 7.08. The number of carbonyl (C=O) groups is 3. The molecule has 5 rings (SSSR count). The summed E-state index contributed by atoms with van der Waals surface area (Å²) in [4.78, 5) is 51.9. The van der Waals surface area contributed by atoms with E-state index < -0.39 is 41.5 Å². The molecule has 2 bridgehead atoms. The van der Waals surface area contributed by atoms with Crippen LogP contribution in [0.15, 0.2) is 18.2 Å². The highest BCUT2D eigenvalue weighted by atomic mass is 16.6. The average molecular weight is 620 g/mol. The third-order valence-electron chi connectivity index (χ3n) is 9.50. The molecule has 1 saturated heterocycles. The Labute approximate surface area is 265 Å². The Morgan fingerprint density at radius 2 is 1.84 bits per heavy atom. The average Bonchev–Trinajstić information content (AvgIpc) is 3.58. The van der Waals surface area contributed by atoms with E-state index >= 15 is 0 Å². The van der Waals surface area contributed by atoms with Crippen LogP contribution in [-0.4, -0.2) is 70.6 Å². The summed E-state index contributed by atoms with van der Waals surface area (Å²) in [5, 5.41) is 12.6. The zero-order valence-corrected chi connectivity index (χ0v) is 27.0. The zero-order chi connectivity index (χ0) is 32.3. The van der Waals surface area contributed by atoms with Gasteiger partial charge in [0.25, 0.3) is 0 Å². The number of nitrogens with zero attached hydrogens (tertiary/aromatic N) is 4. The van der Waals surface area contributed by atoms with Gasteiger partial charge >= 0.3 is 6.09 Å². The number of alkyl carbamates (subject to hydrolysis) is 1. The number of carbonyl (C=O) groups excluding carboxylic acids is 3. The topological polar surface area (TPSA) is 144 Å². The van der Waals surface area contributed by atoms with Crippen LogP contribution in [0.5, 0.6) is 11.6 Å². The molecule has 2 aromatic rings. The minimum absolute atomic E-state index is 0.00157. The van der Waals surface area contributed by atoms with E-state index in [1.807, 2.05) is 32.9 Å². The summed E-state index contributed by atoms with van der Waals surface area (Å²) in [5.74, 6) is -0.00200. The van der Waals surface area contributed by atoms with Gasteiger partial charge < -0.3 is 24.4 Å². The molecule has 2 aliphatic heterocycles. The van der Waals surface area contributed by atoms with Gasteiger partial charge in [-0.25, -0.2) is 14.8 Å². The summed E-state index contributed by atoms with van der Waals surface area (Å²) in [6.07, 6.45) is 5.74. The summed E-state index contributed by atoms with van der Waals surface area (Å²) >= 11 is 0. The molecule has 3 heterocycles. The third kappa shape index (κ3) is 7.15. The molecular weight excluding hydrogens is 574 g/mol. The molecular formula is C34H45N5O6. The van der Waals surface area contributed by atoms with Crippen LogP contribution in [0.4, 0.5) is 4.79 Å². The summed E-state index contributed by atoms with van der Waals surface area (Å²) in [5.41, 5.74) is 1.33. The Hall–Kier alpha value is -3.94. The van der Waals surface area contributed by atoms with Gasteiger partial charge in [-0.15, -0.1) is 0 Å². The highest BCUT2D eigenvalue weighted by Gasteiger charge is 2.51. The minimum Gasteiger partial charge on any atom is -0.497 e. The molecule has 1 N–H and O–H groups in total. The molecule has 1 aromatic heterocycles. The molecule has 1 aromatic carbocycles. The molecule has 11 heteroatoms. The number of aryl methyl sites for hydroxylation is 1. The second kappa shape index (κ2) is 13.6. The van der Waals surface area contributed by atoms with Gasteiger partial charge in [0.15, 0.2) is 5.78 Å². The fourth-order valence-corrected chi connectivity index (χ4v) is 7.15. The first-order chi connectivity index (χ1) is 21.5. The lowest BCUT2D eigenvalue weighted by atomic mass is 9.85. The number of nitrogens with one attached hydrogen (secondary N) is 1. The number of rotatable bonds is 3. The van der Waals surface area contributed by atoms with Crippen molar-refractivity contribution in [1.29, 1.82) is 5.26 Å². The van der Waals surface area contributed by atoms with Crippen LogP contribution >= 0.6 is 0 Å². The number of methoxy groups -OCH3 is 1. The van der Waals surface area contributed by atoms with E-state index in [0.29, 0.717) is 34.8 Å². The van der Waals surface area contributed by atoms with Crippen molar-refractivity contribution in [3.8, 4) is 17.7 Å². The van der Waals surface area contributed by atoms with Crippen molar-refractivity contribution in [1.82, 2.24) is 20.2 Å². The van der Waals surface area contributed by atoms with Crippen LogP contribution in [0.25, 0.3) is 11.0 Å². The van der Waals surface area contributed by atoms with Crippen molar-refractivity contribution >= 4 is 28.8 Å². The summed E-state index contributed by atoms with van der Waals surface area (Å²) in [6, 6.07) is 5.84. The lowest BCUT2D eigenvalue weighted by Gasteiger charge is -2.35. The van der Waals surface area contributed by atoms with E-state index in [0.717, 1.165) is 44.9 Å². The Bertz CT molecular complexity index is 1470. The quantitative estimate of drug-likeness (QED) is 0.494. The molecule has 1 aliphatic carbocycles. The van der Waals surface area contributed by atoms with Crippen LogP contribution in [-0.2, 0) is 20.7 Å². The monoisotopic (exact) mass is 619 g/mol. The van der Waals surface area contributed by atoms with Gasteiger partial charge in [0.05, 0.1) is 36.8 Å². The molecule has 0 radical (unpaired) electrons. The zero-order valence-electron chi connectivity index (χ0n) is 27.0. The first-order valence-corrected chi connectivity index (χ1v) is 16.2. The number of aromatic nitrogens is 2. The molecule has 11 nitrogen and oxygen atoms in total. The van der Waals surface area contributed by atoms with Crippen molar-refractivity contribution in [2.45, 2.75) is 110 Å². The molecule has 3 aliphatic rings. The maximum absolute atomic E-state index is 14.3. The lowest BCUT2D eigenvalue weighted by molar-refractivity contribution is -0.141. The molecule has 1 saturated carbocycles. The molecule has 2 fully saturated rings. The maximum atomic E-state index is 14.3. The Balaban J connectivity index is 1.56. The number of hydrogen-bond donors (Lipinski definition) is 1. The second-order valence-corrected chi connectivity index (χ2v) is 13.7. The minimum atomic E-state index is -0.962. The van der Waals surface area contributed by atoms with Gasteiger partial charge in [-0.3, -0.25) is 9.59 Å². The first kappa shape index (κ1) is 32.5. The van der Waals surface area contributed by atoms with Crippen molar-refractivity contribution in [2.24, 2.45) is 17.3 Å². The number of Topliss-reactive ketones (excluding diaryl/α,β-unsaturated/α-hetero) is 1. The van der Waals surface area contributed by atoms with E-state index in [-0.39, 0.29) is 30.8 Å². The lowest BCUT2D eigenvalue weighted by Crippen LogP contribution is -2.57. The fourth-order valence-electron chi connectivity index (χ4n) is 7.15. The summed E-state index contributed by atoms with van der Waals surface area (Å²) in [7, 11) is 1.59. The highest BCUT2D eigenvalue weighted by Crippen LogP contribution is 2.36. The van der Waals surface area contributed by atoms with Gasteiger partial charge in [0, 0.05) is 18.4 Å². The van der Waals surface area contributed by atoms with Gasteiger partial charge in [-0.05, 0) is 68.9 Å². The number of amides is 2. The Kier molecular flexibility index (Phi) is 9.80. The SMILES string of the molecule is COc1ccc2nc3c(nc2c1)O[C@H]1CN(C(=O)[C@H](C(C)(C)C)NC(=O)O[C@@H]2CCC[C@H]2CCCCC3)[C@H](C(C)=O)[C@@H]1CC#N. The third-order valence-corrected chi connectivity index (χ3v) is 9.50. The van der Waals surface area contributed by atoms with Crippen molar-refractivity contribution < 1.29 is 28.6 Å². The number of ketones is 1. The van der Waals surface area contributed by atoms with Crippen LogP contribution in [0.1, 0.15) is 84.8 Å². The fraction of sp³-hybridized carbons (Fsp3) is 0.647. The predicted molar refractivity (Wildman–Crippen MR) is 167 cm³/mol. The van der Waals surface area contributed by atoms with E-state index in [9.17, 15) is 19.6 Å². The van der Waals surface area contributed by atoms with Crippen molar-refractivity contribution in [3.05, 3.63) is 23.9 Å². The number of hydrogen-bond acceptors (Lipinski definition) is 9. The second-order valence-electron chi connectivity index (χ2n) is 13.7. The van der Waals surface area contributed by atoms with Gasteiger partial charge in [-0.2, -0.15) is 5.26 Å². The highest BCUT2D eigenvalue weighted by molar-refractivity contribution is 5.92. The van der Waals surface area contributed by atoms with Crippen LogP contribution in [0.3, 0.4) is 0 Å². The van der Waals surface area contributed by atoms with Crippen molar-refractivity contribution in [3.63, 3.8) is 0 Å². The number of fused-ring (bicyclic) bond motifs is 5. The van der Waals surface area contributed by atoms with Crippen molar-refractivity contribution in [2.75, 3.05) is 13.7 Å². The molecule has 0 unspecified atom stereocenters. The van der Waals surface area contributed by atoms with E-state index in [4.69, 9.17) is 24.2 Å². The normalized spacial score (nSPS) is 28.0. The molecule has 6 atom stereocenters. The van der Waals surface area contributed by atoms with E-state index in [1.54, 1.807) is 13.2 Å². The molecule has 45 heavy (non-hydrogen) atoms. The van der Waals surface area contributed by atoms with Crippen LogP contribution in [0.2, 0.25) is 0 Å². The number of ether oxygens (including phenoxy) is 3. The van der Waals surface area contributed by atoms with E-state index in [2.05, 4.69) is 11.4 Å². The predicted octanol–water partition coefficient (Wildman–Crippen LogP) is 5.14. The maximum Gasteiger partial charge on any atom is 0.408 e. The van der Waals surface area contributed by atoms with E-state index in [1.165, 1.54) is 11.8 Å². The van der Waals surface area contributed by atoms with Crippen LogP contribution < -0.4 is 14.8 Å². The number of nitriles is 1. The first-order valence-electron chi connectivity index (χ1n) is 16.2. The molecule has 2 amide bonds. The molecule has 242 valence electrons.